The number of aryl methyl sites for hydroxylation is 1. The molecule has 0 spiro atoms. The Morgan fingerprint density at radius 2 is 1.73 bits per heavy atom. The highest BCUT2D eigenvalue weighted by Gasteiger charge is 2.28. The monoisotopic (exact) mass is 350 g/mol. The molecule has 1 aliphatic heterocycles. The summed E-state index contributed by atoms with van der Waals surface area (Å²) in [5, 5.41) is 29.7. The van der Waals surface area contributed by atoms with Crippen LogP contribution in [0.4, 0.5) is 0 Å². The van der Waals surface area contributed by atoms with Crippen LogP contribution in [0.5, 0.6) is 17.2 Å². The summed E-state index contributed by atoms with van der Waals surface area (Å²) in [7, 11) is 0. The van der Waals surface area contributed by atoms with Crippen LogP contribution in [0.25, 0.3) is 0 Å². The number of phenols is 3. The number of aromatic nitrogens is 1. The molecule has 3 aromatic rings. The summed E-state index contributed by atoms with van der Waals surface area (Å²) in [5.41, 5.74) is 2.96. The molecule has 0 bridgehead atoms. The van der Waals surface area contributed by atoms with Gasteiger partial charge in [0.25, 0.3) is 0 Å². The topological polar surface area (TPSA) is 68.9 Å². The van der Waals surface area contributed by atoms with E-state index in [2.05, 4.69) is 21.7 Å². The van der Waals surface area contributed by atoms with Gasteiger partial charge >= 0.3 is 0 Å². The van der Waals surface area contributed by atoms with Gasteiger partial charge in [-0.2, -0.15) is 0 Å². The number of benzene rings is 2. The van der Waals surface area contributed by atoms with Crippen LogP contribution in [-0.2, 0) is 13.1 Å². The van der Waals surface area contributed by atoms with Gasteiger partial charge in [0.2, 0.25) is 0 Å². The Morgan fingerprint density at radius 3 is 2.54 bits per heavy atom. The second-order valence-electron chi connectivity index (χ2n) is 6.76. The average Bonchev–Trinajstić information content (AvgIpc) is 2.99. The summed E-state index contributed by atoms with van der Waals surface area (Å²) < 4.78 is 2.26. The fourth-order valence-electron chi connectivity index (χ4n) is 3.79. The molecule has 5 nitrogen and oxygen atoms in total. The Hall–Kier alpha value is -2.92. The summed E-state index contributed by atoms with van der Waals surface area (Å²) in [6, 6.07) is 16.2. The Labute approximate surface area is 152 Å². The molecule has 0 saturated carbocycles. The number of hydrogen-bond acceptors (Lipinski definition) is 4. The summed E-state index contributed by atoms with van der Waals surface area (Å²) in [4.78, 5) is 2.31. The fourth-order valence-corrected chi connectivity index (χ4v) is 3.79. The summed E-state index contributed by atoms with van der Waals surface area (Å²) in [6.45, 7) is 2.36. The third-order valence-electron chi connectivity index (χ3n) is 4.98. The van der Waals surface area contributed by atoms with Gasteiger partial charge in [0.1, 0.15) is 17.2 Å². The maximum Gasteiger partial charge on any atom is 0.123 e. The van der Waals surface area contributed by atoms with Crippen LogP contribution in [0.2, 0.25) is 0 Å². The molecule has 4 rings (SSSR count). The second kappa shape index (κ2) is 6.77. The molecule has 0 saturated heterocycles. The van der Waals surface area contributed by atoms with E-state index in [1.165, 1.54) is 11.8 Å². The van der Waals surface area contributed by atoms with Crippen molar-refractivity contribution in [1.82, 2.24) is 9.47 Å². The molecule has 3 N–H and O–H groups in total. The highest BCUT2D eigenvalue weighted by molar-refractivity contribution is 5.40. The van der Waals surface area contributed by atoms with E-state index in [-0.39, 0.29) is 23.3 Å². The van der Waals surface area contributed by atoms with E-state index in [1.807, 2.05) is 18.2 Å². The minimum absolute atomic E-state index is 0.0206. The van der Waals surface area contributed by atoms with Crippen LogP contribution in [0, 0.1) is 0 Å². The van der Waals surface area contributed by atoms with Crippen LogP contribution < -0.4 is 0 Å². The summed E-state index contributed by atoms with van der Waals surface area (Å²) in [6.07, 6.45) is 3.09. The van der Waals surface area contributed by atoms with Crippen molar-refractivity contribution < 1.29 is 15.3 Å². The molecule has 1 aliphatic rings. The van der Waals surface area contributed by atoms with E-state index in [4.69, 9.17) is 0 Å². The van der Waals surface area contributed by atoms with Crippen molar-refractivity contribution in [3.8, 4) is 17.2 Å². The number of hydrogen-bond donors (Lipinski definition) is 3. The van der Waals surface area contributed by atoms with Crippen molar-refractivity contribution in [3.63, 3.8) is 0 Å². The largest absolute Gasteiger partial charge is 0.508 e. The molecule has 1 aromatic heterocycles. The van der Waals surface area contributed by atoms with Crippen molar-refractivity contribution in [2.45, 2.75) is 25.6 Å². The van der Waals surface area contributed by atoms with Gasteiger partial charge in [0.05, 0.1) is 6.04 Å². The minimum atomic E-state index is -0.0206. The van der Waals surface area contributed by atoms with E-state index >= 15 is 0 Å². The smallest absolute Gasteiger partial charge is 0.123 e. The Bertz CT molecular complexity index is 919. The van der Waals surface area contributed by atoms with Crippen molar-refractivity contribution in [1.29, 1.82) is 0 Å². The molecule has 0 fully saturated rings. The zero-order chi connectivity index (χ0) is 18.1. The third kappa shape index (κ3) is 3.13. The first-order valence-corrected chi connectivity index (χ1v) is 8.81. The fraction of sp³-hybridized carbons (Fsp3) is 0.238. The van der Waals surface area contributed by atoms with Gasteiger partial charge in [0, 0.05) is 43.2 Å². The lowest BCUT2D eigenvalue weighted by atomic mass is 10.0. The van der Waals surface area contributed by atoms with Crippen molar-refractivity contribution in [3.05, 3.63) is 77.6 Å². The standard InChI is InChI=1S/C21H22N2O3/c24-17-5-1-4-15(12-17)21-19-6-2-9-22(19)10-3-11-23(21)14-16-7-8-18(25)13-20(16)26/h1-2,4-9,12-13,21,24-26H,3,10-11,14H2. The number of phenolic OH excluding ortho intramolecular Hbond substituents is 3. The Morgan fingerprint density at radius 1 is 0.885 bits per heavy atom. The Kier molecular flexibility index (Phi) is 4.31. The third-order valence-corrected chi connectivity index (χ3v) is 4.98. The molecule has 134 valence electrons. The maximum absolute atomic E-state index is 10.2. The highest BCUT2D eigenvalue weighted by atomic mass is 16.3. The predicted octanol–water partition coefficient (Wildman–Crippen LogP) is 3.60. The van der Waals surface area contributed by atoms with Gasteiger partial charge < -0.3 is 19.9 Å². The normalized spacial score (nSPS) is 17.6. The molecule has 2 aromatic carbocycles. The van der Waals surface area contributed by atoms with Crippen molar-refractivity contribution in [2.75, 3.05) is 6.54 Å². The minimum Gasteiger partial charge on any atom is -0.508 e. The van der Waals surface area contributed by atoms with Gasteiger partial charge in [-0.15, -0.1) is 0 Å². The zero-order valence-electron chi connectivity index (χ0n) is 14.4. The average molecular weight is 350 g/mol. The molecule has 26 heavy (non-hydrogen) atoms. The molecular formula is C21H22N2O3. The highest BCUT2D eigenvalue weighted by Crippen LogP contribution is 2.35. The van der Waals surface area contributed by atoms with Crippen LogP contribution >= 0.6 is 0 Å². The van der Waals surface area contributed by atoms with Gasteiger partial charge in [0.15, 0.2) is 0 Å². The van der Waals surface area contributed by atoms with Gasteiger partial charge in [-0.3, -0.25) is 4.90 Å². The summed E-state index contributed by atoms with van der Waals surface area (Å²) in [5.74, 6) is 0.400. The molecule has 1 atom stereocenters. The van der Waals surface area contributed by atoms with Gasteiger partial charge in [-0.1, -0.05) is 18.2 Å². The molecule has 0 radical (unpaired) electrons. The zero-order valence-corrected chi connectivity index (χ0v) is 14.4. The predicted molar refractivity (Wildman–Crippen MR) is 99.2 cm³/mol. The van der Waals surface area contributed by atoms with E-state index in [0.717, 1.165) is 30.6 Å². The van der Waals surface area contributed by atoms with Crippen LogP contribution in [-0.4, -0.2) is 31.3 Å². The Balaban J connectivity index is 1.76. The molecule has 5 heteroatoms. The first kappa shape index (κ1) is 16.5. The van der Waals surface area contributed by atoms with E-state index < -0.39 is 0 Å². The SMILES string of the molecule is Oc1cccc(C2c3cccn3CCCN2Cc2ccc(O)cc2O)c1. The lowest BCUT2D eigenvalue weighted by Crippen LogP contribution is -2.29. The van der Waals surface area contributed by atoms with Crippen LogP contribution in [0.15, 0.2) is 60.8 Å². The van der Waals surface area contributed by atoms with E-state index in [0.29, 0.717) is 6.54 Å². The van der Waals surface area contributed by atoms with Gasteiger partial charge in [-0.05, 0) is 42.3 Å². The first-order chi connectivity index (χ1) is 12.6. The number of aromatic hydroxyl groups is 3. The molecule has 0 amide bonds. The molecule has 1 unspecified atom stereocenters. The number of rotatable bonds is 3. The van der Waals surface area contributed by atoms with Crippen LogP contribution in [0.3, 0.4) is 0 Å². The van der Waals surface area contributed by atoms with E-state index in [1.54, 1.807) is 24.3 Å². The second-order valence-corrected chi connectivity index (χ2v) is 6.76. The van der Waals surface area contributed by atoms with E-state index in [9.17, 15) is 15.3 Å². The lowest BCUT2D eigenvalue weighted by molar-refractivity contribution is 0.217. The molecule has 0 aliphatic carbocycles. The van der Waals surface area contributed by atoms with Crippen molar-refractivity contribution in [2.24, 2.45) is 0 Å². The van der Waals surface area contributed by atoms with Crippen molar-refractivity contribution >= 4 is 0 Å². The van der Waals surface area contributed by atoms with Crippen LogP contribution in [0.1, 0.15) is 29.3 Å². The molecule has 2 heterocycles. The lowest BCUT2D eigenvalue weighted by Gasteiger charge is -2.31. The maximum atomic E-state index is 10.2. The number of nitrogens with zero attached hydrogens (tertiary/aromatic N) is 2. The van der Waals surface area contributed by atoms with Gasteiger partial charge in [-0.25, -0.2) is 0 Å². The molecular weight excluding hydrogens is 328 g/mol. The quantitative estimate of drug-likeness (QED) is 0.675. The summed E-state index contributed by atoms with van der Waals surface area (Å²) >= 11 is 0. The number of fused-ring (bicyclic) bond motifs is 1. The first-order valence-electron chi connectivity index (χ1n) is 8.81.